The van der Waals surface area contributed by atoms with Gasteiger partial charge in [-0.05, 0) is 34.9 Å². The van der Waals surface area contributed by atoms with Crippen LogP contribution in [-0.2, 0) is 0 Å². The third-order valence-corrected chi connectivity index (χ3v) is 4.00. The minimum atomic E-state index is -0.697. The Morgan fingerprint density at radius 3 is 2.54 bits per heavy atom. The molecule has 0 saturated heterocycles. The highest BCUT2D eigenvalue weighted by atomic mass is 19.1. The number of nitrogens with one attached hydrogen (secondary N) is 1. The van der Waals surface area contributed by atoms with E-state index in [1.165, 1.54) is 18.2 Å². The number of hydrogen-bond donors (Lipinski definition) is 2. The lowest BCUT2D eigenvalue weighted by molar-refractivity contribution is 0.0939. The molecule has 24 heavy (non-hydrogen) atoms. The zero-order valence-electron chi connectivity index (χ0n) is 13.1. The quantitative estimate of drug-likeness (QED) is 0.749. The summed E-state index contributed by atoms with van der Waals surface area (Å²) in [4.78, 5) is 12.0. The predicted molar refractivity (Wildman–Crippen MR) is 92.3 cm³/mol. The minimum Gasteiger partial charge on any atom is -0.388 e. The van der Waals surface area contributed by atoms with Crippen LogP contribution < -0.4 is 5.32 Å². The van der Waals surface area contributed by atoms with Crippen molar-refractivity contribution in [1.82, 2.24) is 5.32 Å². The third kappa shape index (κ3) is 3.44. The Morgan fingerprint density at radius 2 is 1.71 bits per heavy atom. The number of rotatable bonds is 5. The maximum atomic E-state index is 13.6. The maximum Gasteiger partial charge on any atom is 0.254 e. The van der Waals surface area contributed by atoms with Crippen molar-refractivity contribution in [1.29, 1.82) is 0 Å². The number of aliphatic hydroxyl groups is 1. The molecule has 122 valence electrons. The molecule has 0 heterocycles. The lowest BCUT2D eigenvalue weighted by Gasteiger charge is -2.14. The molecule has 3 aromatic carbocycles. The van der Waals surface area contributed by atoms with Crippen LogP contribution in [0.1, 0.15) is 28.4 Å². The fourth-order valence-electron chi connectivity index (χ4n) is 2.76. The highest BCUT2D eigenvalue weighted by Crippen LogP contribution is 2.25. The predicted octanol–water partition coefficient (Wildman–Crippen LogP) is 3.83. The first-order valence-electron chi connectivity index (χ1n) is 7.85. The molecule has 3 aromatic rings. The van der Waals surface area contributed by atoms with Gasteiger partial charge in [0.1, 0.15) is 5.82 Å². The second kappa shape index (κ2) is 7.23. The van der Waals surface area contributed by atoms with Gasteiger partial charge in [0.25, 0.3) is 5.91 Å². The molecule has 2 N–H and O–H groups in total. The van der Waals surface area contributed by atoms with Gasteiger partial charge in [0.05, 0.1) is 11.7 Å². The van der Waals surface area contributed by atoms with E-state index < -0.39 is 17.8 Å². The first kappa shape index (κ1) is 16.1. The molecule has 0 fully saturated rings. The molecule has 1 amide bonds. The van der Waals surface area contributed by atoms with Crippen LogP contribution >= 0.6 is 0 Å². The van der Waals surface area contributed by atoms with Gasteiger partial charge in [0, 0.05) is 6.54 Å². The molecule has 0 aliphatic heterocycles. The number of benzene rings is 3. The van der Waals surface area contributed by atoms with Gasteiger partial charge in [0.15, 0.2) is 0 Å². The molecule has 0 saturated carbocycles. The second-order valence-corrected chi connectivity index (χ2v) is 5.61. The Hall–Kier alpha value is -2.72. The highest BCUT2D eigenvalue weighted by Gasteiger charge is 2.13. The smallest absolute Gasteiger partial charge is 0.254 e. The van der Waals surface area contributed by atoms with E-state index in [4.69, 9.17) is 0 Å². The Labute approximate surface area is 139 Å². The first-order valence-corrected chi connectivity index (χ1v) is 7.85. The van der Waals surface area contributed by atoms with E-state index in [9.17, 15) is 14.3 Å². The monoisotopic (exact) mass is 323 g/mol. The van der Waals surface area contributed by atoms with Crippen molar-refractivity contribution in [3.63, 3.8) is 0 Å². The van der Waals surface area contributed by atoms with E-state index in [1.807, 2.05) is 42.5 Å². The number of hydrogen-bond acceptors (Lipinski definition) is 2. The minimum absolute atomic E-state index is 0.0113. The van der Waals surface area contributed by atoms with Gasteiger partial charge in [-0.15, -0.1) is 0 Å². The van der Waals surface area contributed by atoms with Crippen molar-refractivity contribution >= 4 is 16.7 Å². The Bertz CT molecular complexity index is 858. The van der Waals surface area contributed by atoms with E-state index in [0.717, 1.165) is 16.3 Å². The molecule has 4 heteroatoms. The molecule has 1 atom stereocenters. The van der Waals surface area contributed by atoms with Crippen LogP contribution in [-0.4, -0.2) is 17.6 Å². The van der Waals surface area contributed by atoms with Gasteiger partial charge in [-0.25, -0.2) is 4.39 Å². The maximum absolute atomic E-state index is 13.6. The van der Waals surface area contributed by atoms with E-state index in [2.05, 4.69) is 5.32 Å². The summed E-state index contributed by atoms with van der Waals surface area (Å²) in [6.45, 7) is 0.261. The van der Waals surface area contributed by atoms with Crippen LogP contribution in [0.2, 0.25) is 0 Å². The summed E-state index contributed by atoms with van der Waals surface area (Å²) in [6, 6.07) is 19.4. The van der Waals surface area contributed by atoms with Crippen molar-refractivity contribution < 1.29 is 14.3 Å². The number of halogens is 1. The lowest BCUT2D eigenvalue weighted by atomic mass is 9.99. The van der Waals surface area contributed by atoms with Crippen LogP contribution in [0.4, 0.5) is 4.39 Å². The average Bonchev–Trinajstić information content (AvgIpc) is 2.61. The summed E-state index contributed by atoms with van der Waals surface area (Å²) in [5, 5.41) is 15.1. The van der Waals surface area contributed by atoms with Gasteiger partial charge in [-0.2, -0.15) is 0 Å². The Kier molecular flexibility index (Phi) is 4.87. The van der Waals surface area contributed by atoms with Gasteiger partial charge in [-0.1, -0.05) is 54.6 Å². The number of carbonyl (C=O) groups excluding carboxylic acids is 1. The SMILES string of the molecule is O=C(NCC[C@H](O)c1cccc2ccccc12)c1ccccc1F. The van der Waals surface area contributed by atoms with E-state index >= 15 is 0 Å². The van der Waals surface area contributed by atoms with E-state index in [0.29, 0.717) is 6.42 Å². The summed E-state index contributed by atoms with van der Waals surface area (Å²) in [6.07, 6.45) is -0.342. The summed E-state index contributed by atoms with van der Waals surface area (Å²) in [7, 11) is 0. The molecule has 0 aliphatic rings. The lowest BCUT2D eigenvalue weighted by Crippen LogP contribution is -2.26. The van der Waals surface area contributed by atoms with Crippen LogP contribution in [0.3, 0.4) is 0 Å². The van der Waals surface area contributed by atoms with Gasteiger partial charge in [-0.3, -0.25) is 4.79 Å². The highest BCUT2D eigenvalue weighted by molar-refractivity contribution is 5.94. The molecule has 0 aromatic heterocycles. The summed E-state index contributed by atoms with van der Waals surface area (Å²) >= 11 is 0. The summed E-state index contributed by atoms with van der Waals surface area (Å²) in [5.74, 6) is -1.03. The third-order valence-electron chi connectivity index (χ3n) is 4.00. The summed E-state index contributed by atoms with van der Waals surface area (Å²) < 4.78 is 13.6. The number of carbonyl (C=O) groups is 1. The normalized spacial score (nSPS) is 12.1. The standard InChI is InChI=1S/C20H18FNO2/c21-18-11-4-3-9-17(18)20(24)22-13-12-19(23)16-10-5-7-14-6-1-2-8-15(14)16/h1-11,19,23H,12-13H2,(H,22,24)/t19-/m0/s1. The van der Waals surface area contributed by atoms with Crippen molar-refractivity contribution in [2.24, 2.45) is 0 Å². The van der Waals surface area contributed by atoms with Crippen LogP contribution in [0, 0.1) is 5.82 Å². The Morgan fingerprint density at radius 1 is 1.00 bits per heavy atom. The fraction of sp³-hybridized carbons (Fsp3) is 0.150. The molecule has 0 bridgehead atoms. The molecular formula is C20H18FNO2. The van der Waals surface area contributed by atoms with Crippen molar-refractivity contribution in [3.05, 3.63) is 83.7 Å². The van der Waals surface area contributed by atoms with Gasteiger partial charge < -0.3 is 10.4 Å². The zero-order valence-corrected chi connectivity index (χ0v) is 13.1. The number of amides is 1. The van der Waals surface area contributed by atoms with Gasteiger partial charge >= 0.3 is 0 Å². The zero-order chi connectivity index (χ0) is 16.9. The van der Waals surface area contributed by atoms with E-state index in [-0.39, 0.29) is 12.1 Å². The molecule has 0 radical (unpaired) electrons. The van der Waals surface area contributed by atoms with Crippen LogP contribution in [0.25, 0.3) is 10.8 Å². The largest absolute Gasteiger partial charge is 0.388 e. The Balaban J connectivity index is 1.64. The topological polar surface area (TPSA) is 49.3 Å². The molecule has 3 rings (SSSR count). The second-order valence-electron chi connectivity index (χ2n) is 5.61. The van der Waals surface area contributed by atoms with Crippen molar-refractivity contribution in [2.75, 3.05) is 6.54 Å². The van der Waals surface area contributed by atoms with Crippen LogP contribution in [0.15, 0.2) is 66.7 Å². The first-order chi connectivity index (χ1) is 11.7. The number of aliphatic hydroxyl groups excluding tert-OH is 1. The summed E-state index contributed by atoms with van der Waals surface area (Å²) in [5.41, 5.74) is 0.838. The molecule has 0 unspecified atom stereocenters. The number of fused-ring (bicyclic) bond motifs is 1. The molecule has 0 spiro atoms. The molecular weight excluding hydrogens is 305 g/mol. The van der Waals surface area contributed by atoms with Crippen molar-refractivity contribution in [2.45, 2.75) is 12.5 Å². The fourth-order valence-corrected chi connectivity index (χ4v) is 2.76. The van der Waals surface area contributed by atoms with E-state index in [1.54, 1.807) is 6.07 Å². The molecule has 0 aliphatic carbocycles. The van der Waals surface area contributed by atoms with Gasteiger partial charge in [0.2, 0.25) is 0 Å². The van der Waals surface area contributed by atoms with Crippen LogP contribution in [0.5, 0.6) is 0 Å². The molecule has 3 nitrogen and oxygen atoms in total. The average molecular weight is 323 g/mol. The van der Waals surface area contributed by atoms with Crippen molar-refractivity contribution in [3.8, 4) is 0 Å².